The number of rotatable bonds is 4. The van der Waals surface area contributed by atoms with Crippen LogP contribution in [-0.2, 0) is 0 Å². The van der Waals surface area contributed by atoms with Gasteiger partial charge in [-0.3, -0.25) is 0 Å². The third-order valence-electron chi connectivity index (χ3n) is 3.44. The third kappa shape index (κ3) is 2.72. The molecular weight excluding hydrogens is 292 g/mol. The lowest BCUT2D eigenvalue weighted by Crippen LogP contribution is -2.00. The second kappa shape index (κ2) is 6.20. The van der Waals surface area contributed by atoms with Gasteiger partial charge in [0.15, 0.2) is 5.69 Å². The number of methoxy groups -OCH3 is 2. The topological polar surface area (TPSA) is 73.0 Å². The van der Waals surface area contributed by atoms with E-state index in [1.54, 1.807) is 18.9 Å². The quantitative estimate of drug-likeness (QED) is 0.741. The minimum absolute atomic E-state index is 0.262. The zero-order valence-corrected chi connectivity index (χ0v) is 12.7. The summed E-state index contributed by atoms with van der Waals surface area (Å²) in [7, 11) is 3.21. The number of ether oxygens (including phenoxy) is 2. The maximum Gasteiger partial charge on any atom is 0.191 e. The van der Waals surface area contributed by atoms with Crippen molar-refractivity contribution in [1.29, 1.82) is 5.26 Å². The molecule has 0 atom stereocenters. The van der Waals surface area contributed by atoms with Crippen molar-refractivity contribution in [3.63, 3.8) is 0 Å². The Kier molecular flexibility index (Phi) is 3.93. The molecule has 1 heterocycles. The summed E-state index contributed by atoms with van der Waals surface area (Å²) < 4.78 is 12.0. The van der Waals surface area contributed by atoms with Gasteiger partial charge in [0.05, 0.1) is 19.9 Å². The maximum atomic E-state index is 9.33. The number of nitrogens with zero attached hydrogens (tertiary/aromatic N) is 4. The molecule has 0 fully saturated rings. The number of hydrogen-bond donors (Lipinski definition) is 0. The molecule has 0 aliphatic rings. The van der Waals surface area contributed by atoms with Gasteiger partial charge in [0.25, 0.3) is 0 Å². The second-order valence-corrected chi connectivity index (χ2v) is 4.74. The fourth-order valence-corrected chi connectivity index (χ4v) is 2.29. The Morgan fingerprint density at radius 3 is 2.39 bits per heavy atom. The molecular formula is C17H14N4O2. The molecule has 0 aliphatic heterocycles. The van der Waals surface area contributed by atoms with Crippen molar-refractivity contribution >= 4 is 0 Å². The van der Waals surface area contributed by atoms with Crippen LogP contribution in [0, 0.1) is 11.3 Å². The first-order valence-electron chi connectivity index (χ1n) is 6.91. The van der Waals surface area contributed by atoms with Gasteiger partial charge in [-0.1, -0.05) is 11.3 Å². The molecule has 0 N–H and O–H groups in total. The van der Waals surface area contributed by atoms with E-state index >= 15 is 0 Å². The Hall–Kier alpha value is -3.33. The molecule has 0 radical (unpaired) electrons. The van der Waals surface area contributed by atoms with Gasteiger partial charge >= 0.3 is 0 Å². The molecule has 1 aromatic heterocycles. The van der Waals surface area contributed by atoms with Crippen LogP contribution in [0.15, 0.2) is 48.5 Å². The predicted octanol–water partition coefficient (Wildman–Crippen LogP) is 2.82. The lowest BCUT2D eigenvalue weighted by Gasteiger charge is -2.09. The molecule has 114 valence electrons. The van der Waals surface area contributed by atoms with Crippen molar-refractivity contribution < 1.29 is 9.47 Å². The zero-order valence-electron chi connectivity index (χ0n) is 12.7. The van der Waals surface area contributed by atoms with Crippen LogP contribution in [0.25, 0.3) is 16.9 Å². The van der Waals surface area contributed by atoms with Crippen LogP contribution < -0.4 is 9.47 Å². The molecule has 6 heteroatoms. The summed E-state index contributed by atoms with van der Waals surface area (Å²) in [5.74, 6) is 1.45. The van der Waals surface area contributed by atoms with Gasteiger partial charge < -0.3 is 9.47 Å². The number of aromatic nitrogens is 3. The van der Waals surface area contributed by atoms with Gasteiger partial charge in [-0.25, -0.2) is 4.68 Å². The van der Waals surface area contributed by atoms with Crippen LogP contribution in [0.3, 0.4) is 0 Å². The molecule has 2 aromatic carbocycles. The van der Waals surface area contributed by atoms with Crippen molar-refractivity contribution in [2.24, 2.45) is 0 Å². The van der Waals surface area contributed by atoms with Crippen LogP contribution in [0.5, 0.6) is 11.5 Å². The fourth-order valence-electron chi connectivity index (χ4n) is 2.29. The average molecular weight is 306 g/mol. The average Bonchev–Trinajstić information content (AvgIpc) is 3.06. The molecule has 23 heavy (non-hydrogen) atoms. The van der Waals surface area contributed by atoms with Gasteiger partial charge in [-0.15, -0.1) is 5.10 Å². The summed E-state index contributed by atoms with van der Waals surface area (Å²) >= 11 is 0. The second-order valence-electron chi connectivity index (χ2n) is 4.74. The summed E-state index contributed by atoms with van der Waals surface area (Å²) in [5.41, 5.74) is 2.49. The Balaban J connectivity index is 2.15. The van der Waals surface area contributed by atoms with Crippen molar-refractivity contribution in [3.05, 3.63) is 54.2 Å². The SMILES string of the molecule is COc1ccc(-c2c(C#N)nnn2-c2cccc(OC)c2)cc1. The van der Waals surface area contributed by atoms with Gasteiger partial charge in [0.2, 0.25) is 0 Å². The Morgan fingerprint density at radius 1 is 1.00 bits per heavy atom. The van der Waals surface area contributed by atoms with Crippen molar-refractivity contribution in [2.75, 3.05) is 14.2 Å². The first-order chi connectivity index (χ1) is 11.3. The number of benzene rings is 2. The standard InChI is InChI=1S/C17H14N4O2/c1-22-14-8-6-12(7-9-14)17-16(11-18)19-20-21(17)13-4-3-5-15(10-13)23-2/h3-10H,1-2H3. The molecule has 3 rings (SSSR count). The Bertz CT molecular complexity index is 863. The number of hydrogen-bond acceptors (Lipinski definition) is 5. The van der Waals surface area contributed by atoms with Crippen molar-refractivity contribution in [3.8, 4) is 34.5 Å². The lowest BCUT2D eigenvalue weighted by atomic mass is 10.1. The van der Waals surface area contributed by atoms with Crippen LogP contribution in [0.2, 0.25) is 0 Å². The summed E-state index contributed by atoms with van der Waals surface area (Å²) in [4.78, 5) is 0. The van der Waals surface area contributed by atoms with Crippen LogP contribution in [0.4, 0.5) is 0 Å². The van der Waals surface area contributed by atoms with E-state index in [0.717, 1.165) is 17.0 Å². The Morgan fingerprint density at radius 2 is 1.74 bits per heavy atom. The van der Waals surface area contributed by atoms with Gasteiger partial charge in [-0.05, 0) is 36.4 Å². The van der Waals surface area contributed by atoms with Crippen LogP contribution >= 0.6 is 0 Å². The first-order valence-corrected chi connectivity index (χ1v) is 6.91. The zero-order chi connectivity index (χ0) is 16.2. The monoisotopic (exact) mass is 306 g/mol. The highest BCUT2D eigenvalue weighted by Gasteiger charge is 2.16. The summed E-state index contributed by atoms with van der Waals surface area (Å²) in [6.45, 7) is 0. The highest BCUT2D eigenvalue weighted by atomic mass is 16.5. The van der Waals surface area contributed by atoms with E-state index < -0.39 is 0 Å². The lowest BCUT2D eigenvalue weighted by molar-refractivity contribution is 0.414. The van der Waals surface area contributed by atoms with E-state index in [1.165, 1.54) is 0 Å². The predicted molar refractivity (Wildman–Crippen MR) is 84.6 cm³/mol. The fraction of sp³-hybridized carbons (Fsp3) is 0.118. The summed E-state index contributed by atoms with van der Waals surface area (Å²) in [6, 6.07) is 16.9. The molecule has 0 aliphatic carbocycles. The minimum Gasteiger partial charge on any atom is -0.497 e. The van der Waals surface area contributed by atoms with E-state index in [4.69, 9.17) is 9.47 Å². The van der Waals surface area contributed by atoms with E-state index in [0.29, 0.717) is 11.4 Å². The van der Waals surface area contributed by atoms with Crippen molar-refractivity contribution in [2.45, 2.75) is 0 Å². The highest BCUT2D eigenvalue weighted by Crippen LogP contribution is 2.27. The van der Waals surface area contributed by atoms with E-state index in [2.05, 4.69) is 16.4 Å². The molecule has 0 amide bonds. The summed E-state index contributed by atoms with van der Waals surface area (Å²) in [6.07, 6.45) is 0. The molecule has 0 saturated carbocycles. The normalized spacial score (nSPS) is 10.1. The van der Waals surface area contributed by atoms with Gasteiger partial charge in [0.1, 0.15) is 23.3 Å². The first kappa shape index (κ1) is 14.6. The van der Waals surface area contributed by atoms with Crippen LogP contribution in [-0.4, -0.2) is 29.2 Å². The van der Waals surface area contributed by atoms with Crippen molar-refractivity contribution in [1.82, 2.24) is 15.0 Å². The maximum absolute atomic E-state index is 9.33. The minimum atomic E-state index is 0.262. The summed E-state index contributed by atoms with van der Waals surface area (Å²) in [5, 5.41) is 17.4. The molecule has 3 aromatic rings. The third-order valence-corrected chi connectivity index (χ3v) is 3.44. The van der Waals surface area contributed by atoms with Gasteiger partial charge in [-0.2, -0.15) is 5.26 Å². The smallest absolute Gasteiger partial charge is 0.191 e. The van der Waals surface area contributed by atoms with E-state index in [9.17, 15) is 5.26 Å². The molecule has 0 bridgehead atoms. The molecule has 6 nitrogen and oxygen atoms in total. The van der Waals surface area contributed by atoms with Crippen LogP contribution in [0.1, 0.15) is 5.69 Å². The van der Waals surface area contributed by atoms with Gasteiger partial charge in [0, 0.05) is 11.6 Å². The molecule has 0 spiro atoms. The van der Waals surface area contributed by atoms with E-state index in [1.807, 2.05) is 48.5 Å². The Labute approximate surface area is 133 Å². The molecule has 0 unspecified atom stereocenters. The van der Waals surface area contributed by atoms with E-state index in [-0.39, 0.29) is 5.69 Å². The largest absolute Gasteiger partial charge is 0.497 e. The highest BCUT2D eigenvalue weighted by molar-refractivity contribution is 5.67. The number of nitriles is 1. The molecule has 0 saturated heterocycles.